The molecule has 1 heterocycles. The van der Waals surface area contributed by atoms with Crippen molar-refractivity contribution in [2.24, 2.45) is 0 Å². The predicted octanol–water partition coefficient (Wildman–Crippen LogP) is 3.23. The fourth-order valence-corrected chi connectivity index (χ4v) is 2.96. The number of esters is 1. The molecule has 0 amide bonds. The van der Waals surface area contributed by atoms with Gasteiger partial charge in [-0.2, -0.15) is 13.2 Å². The molecule has 2 aromatic rings. The van der Waals surface area contributed by atoms with Crippen molar-refractivity contribution in [3.05, 3.63) is 47.0 Å². The average molecular weight is 389 g/mol. The molecule has 0 saturated carbocycles. The van der Waals surface area contributed by atoms with Crippen LogP contribution in [0.3, 0.4) is 0 Å². The van der Waals surface area contributed by atoms with Gasteiger partial charge in [-0.1, -0.05) is 30.3 Å². The largest absolute Gasteiger partial charge is 0.467 e. The molecule has 5 nitrogen and oxygen atoms in total. The van der Waals surface area contributed by atoms with Crippen molar-refractivity contribution < 1.29 is 22.7 Å². The lowest BCUT2D eigenvalue weighted by atomic mass is 10.1. The maximum atomic E-state index is 12.5. The number of methoxy groups -OCH3 is 1. The van der Waals surface area contributed by atoms with Crippen LogP contribution < -0.4 is 10.6 Å². The molecule has 0 aliphatic rings. The fraction of sp³-hybridized carbons (Fsp3) is 0.267. The highest BCUT2D eigenvalue weighted by Crippen LogP contribution is 2.31. The molecule has 134 valence electrons. The van der Waals surface area contributed by atoms with E-state index in [1.165, 1.54) is 7.11 Å². The van der Waals surface area contributed by atoms with Gasteiger partial charge in [-0.3, -0.25) is 0 Å². The summed E-state index contributed by atoms with van der Waals surface area (Å²) in [6.45, 7) is 0. The van der Waals surface area contributed by atoms with E-state index in [0.717, 1.165) is 22.3 Å². The predicted molar refractivity (Wildman–Crippen MR) is 92.4 cm³/mol. The summed E-state index contributed by atoms with van der Waals surface area (Å²) in [6.07, 6.45) is -4.21. The van der Waals surface area contributed by atoms with Crippen LogP contribution in [0.2, 0.25) is 0 Å². The van der Waals surface area contributed by atoms with E-state index >= 15 is 0 Å². The number of thiocarbonyl (C=S) groups is 1. The van der Waals surface area contributed by atoms with Crippen LogP contribution in [0.15, 0.2) is 35.7 Å². The van der Waals surface area contributed by atoms with Gasteiger partial charge in [0.2, 0.25) is 0 Å². The number of alkyl halides is 3. The van der Waals surface area contributed by atoms with E-state index in [-0.39, 0.29) is 10.2 Å². The van der Waals surface area contributed by atoms with Crippen molar-refractivity contribution in [2.45, 2.75) is 18.6 Å². The van der Waals surface area contributed by atoms with Gasteiger partial charge >= 0.3 is 12.1 Å². The summed E-state index contributed by atoms with van der Waals surface area (Å²) in [5.74, 6) is -0.539. The lowest BCUT2D eigenvalue weighted by Gasteiger charge is -2.18. The summed E-state index contributed by atoms with van der Waals surface area (Å²) < 4.78 is 42.4. The van der Waals surface area contributed by atoms with Gasteiger partial charge in [0.15, 0.2) is 15.9 Å². The third-order valence-corrected chi connectivity index (χ3v) is 4.07. The van der Waals surface area contributed by atoms with Crippen LogP contribution >= 0.6 is 23.6 Å². The van der Waals surface area contributed by atoms with Crippen LogP contribution in [0.25, 0.3) is 0 Å². The summed E-state index contributed by atoms with van der Waals surface area (Å²) in [7, 11) is 1.24. The van der Waals surface area contributed by atoms with Gasteiger partial charge in [0, 0.05) is 11.8 Å². The number of aromatic nitrogens is 1. The third kappa shape index (κ3) is 5.68. The first-order valence-electron chi connectivity index (χ1n) is 7.01. The molecule has 0 spiro atoms. The van der Waals surface area contributed by atoms with Crippen molar-refractivity contribution in [2.75, 3.05) is 12.4 Å². The number of carbonyl (C=O) groups excluding carboxylic acids is 1. The first-order chi connectivity index (χ1) is 11.8. The van der Waals surface area contributed by atoms with E-state index in [1.807, 2.05) is 30.3 Å². The molecule has 10 heteroatoms. The number of anilines is 1. The number of carbonyl (C=O) groups is 1. The van der Waals surface area contributed by atoms with Crippen molar-refractivity contribution in [1.82, 2.24) is 10.3 Å². The minimum absolute atomic E-state index is 0.0191. The first kappa shape index (κ1) is 19.1. The van der Waals surface area contributed by atoms with Crippen LogP contribution in [0.4, 0.5) is 18.3 Å². The monoisotopic (exact) mass is 389 g/mol. The van der Waals surface area contributed by atoms with Crippen LogP contribution in [0, 0.1) is 0 Å². The van der Waals surface area contributed by atoms with Gasteiger partial charge in [0.25, 0.3) is 0 Å². The van der Waals surface area contributed by atoms with Crippen molar-refractivity contribution in [1.29, 1.82) is 0 Å². The summed E-state index contributed by atoms with van der Waals surface area (Å²) in [6, 6.07) is 8.39. The second kappa shape index (κ2) is 8.26. The number of nitrogens with one attached hydrogen (secondary N) is 2. The van der Waals surface area contributed by atoms with Crippen molar-refractivity contribution in [3.8, 4) is 0 Å². The van der Waals surface area contributed by atoms with Gasteiger partial charge in [0.05, 0.1) is 7.11 Å². The molecule has 2 N–H and O–H groups in total. The van der Waals surface area contributed by atoms with E-state index in [2.05, 4.69) is 15.6 Å². The number of halogens is 3. The Hall–Kier alpha value is -2.20. The quantitative estimate of drug-likeness (QED) is 0.605. The maximum Gasteiger partial charge on any atom is 0.434 e. The number of hydrogen-bond acceptors (Lipinski definition) is 5. The number of hydrogen-bond donors (Lipinski definition) is 2. The molecule has 1 aromatic heterocycles. The molecule has 0 unspecified atom stereocenters. The maximum absolute atomic E-state index is 12.5. The van der Waals surface area contributed by atoms with Gasteiger partial charge in [-0.15, -0.1) is 11.3 Å². The van der Waals surface area contributed by atoms with Crippen molar-refractivity contribution in [3.63, 3.8) is 0 Å². The van der Waals surface area contributed by atoms with Crippen LogP contribution in [0.5, 0.6) is 0 Å². The molecule has 1 aromatic carbocycles. The highest BCUT2D eigenvalue weighted by molar-refractivity contribution is 7.80. The zero-order chi connectivity index (χ0) is 18.4. The van der Waals surface area contributed by atoms with Gasteiger partial charge < -0.3 is 15.4 Å². The standard InChI is InChI=1S/C15H14F3N3O2S2/c1-23-12(22)10(7-9-5-3-2-4-6-9)19-13(24)21-14-20-11(8-25-14)15(16,17)18/h2-6,8,10H,7H2,1H3,(H2,19,20,21,24)/t10-/m0/s1. The SMILES string of the molecule is COC(=O)[C@H](Cc1ccccc1)NC(=S)Nc1nc(C(F)(F)F)cs1. The summed E-state index contributed by atoms with van der Waals surface area (Å²) >= 11 is 5.82. The van der Waals surface area contributed by atoms with Crippen LogP contribution in [-0.4, -0.2) is 29.2 Å². The molecule has 2 rings (SSSR count). The minimum atomic E-state index is -4.52. The lowest BCUT2D eigenvalue weighted by Crippen LogP contribution is -2.44. The van der Waals surface area contributed by atoms with Crippen molar-refractivity contribution >= 4 is 39.8 Å². The Balaban J connectivity index is 2.01. The summed E-state index contributed by atoms with van der Waals surface area (Å²) in [5, 5.41) is 6.14. The zero-order valence-corrected chi connectivity index (χ0v) is 14.6. The van der Waals surface area contributed by atoms with Gasteiger partial charge in [-0.25, -0.2) is 9.78 Å². The second-order valence-electron chi connectivity index (χ2n) is 4.90. The smallest absolute Gasteiger partial charge is 0.434 e. The molecule has 0 aliphatic carbocycles. The lowest BCUT2D eigenvalue weighted by molar-refractivity contribution is -0.142. The molecular formula is C15H14F3N3O2S2. The molecule has 1 atom stereocenters. The number of thiazole rings is 1. The Bertz CT molecular complexity index is 735. The zero-order valence-electron chi connectivity index (χ0n) is 13.0. The molecule has 0 radical (unpaired) electrons. The van der Waals surface area contributed by atoms with Gasteiger partial charge in [-0.05, 0) is 17.8 Å². The van der Waals surface area contributed by atoms with Crippen LogP contribution in [0.1, 0.15) is 11.3 Å². The highest BCUT2D eigenvalue weighted by atomic mass is 32.1. The number of nitrogens with zero attached hydrogens (tertiary/aromatic N) is 1. The Morgan fingerprint density at radius 2 is 2.04 bits per heavy atom. The van der Waals surface area contributed by atoms with Gasteiger partial charge in [0.1, 0.15) is 6.04 Å². The average Bonchev–Trinajstić information content (AvgIpc) is 3.03. The van der Waals surface area contributed by atoms with E-state index < -0.39 is 23.9 Å². The fourth-order valence-electron chi connectivity index (χ4n) is 1.94. The van der Waals surface area contributed by atoms with E-state index in [9.17, 15) is 18.0 Å². The van der Waals surface area contributed by atoms with E-state index in [4.69, 9.17) is 17.0 Å². The molecule has 0 saturated heterocycles. The highest BCUT2D eigenvalue weighted by Gasteiger charge is 2.33. The second-order valence-corrected chi connectivity index (χ2v) is 6.17. The molecule has 0 aliphatic heterocycles. The molecule has 0 fully saturated rings. The first-order valence-corrected chi connectivity index (χ1v) is 8.30. The molecule has 0 bridgehead atoms. The molecule has 25 heavy (non-hydrogen) atoms. The topological polar surface area (TPSA) is 63.2 Å². The molecular weight excluding hydrogens is 375 g/mol. The number of benzene rings is 1. The Morgan fingerprint density at radius 1 is 1.36 bits per heavy atom. The normalized spacial score (nSPS) is 12.3. The van der Waals surface area contributed by atoms with E-state index in [0.29, 0.717) is 6.42 Å². The number of rotatable bonds is 5. The number of ether oxygens (including phenoxy) is 1. The summed E-state index contributed by atoms with van der Waals surface area (Å²) in [4.78, 5) is 15.3. The third-order valence-electron chi connectivity index (χ3n) is 3.09. The minimum Gasteiger partial charge on any atom is -0.467 e. The Morgan fingerprint density at radius 3 is 2.60 bits per heavy atom. The van der Waals surface area contributed by atoms with Crippen LogP contribution in [-0.2, 0) is 22.1 Å². The Labute approximate surface area is 151 Å². The summed E-state index contributed by atoms with van der Waals surface area (Å²) in [5.41, 5.74) is -0.126. The Kier molecular flexibility index (Phi) is 6.32. The van der Waals surface area contributed by atoms with E-state index in [1.54, 1.807) is 0 Å².